The predicted molar refractivity (Wildman–Crippen MR) is 107 cm³/mol. The Morgan fingerprint density at radius 3 is 2.52 bits per heavy atom. The second kappa shape index (κ2) is 7.08. The van der Waals surface area contributed by atoms with Crippen molar-refractivity contribution in [3.05, 3.63) is 89.8 Å². The zero-order valence-corrected chi connectivity index (χ0v) is 15.9. The molecule has 0 spiro atoms. The highest BCUT2D eigenvalue weighted by atomic mass is 32.2. The second-order valence-corrected chi connectivity index (χ2v) is 8.55. The molecule has 0 radical (unpaired) electrons. The molecule has 0 aromatic heterocycles. The van der Waals surface area contributed by atoms with Crippen molar-refractivity contribution in [1.82, 2.24) is 4.31 Å². The van der Waals surface area contributed by atoms with Crippen molar-refractivity contribution in [2.24, 2.45) is 0 Å². The number of hydrogen-bond acceptors (Lipinski definition) is 3. The molecular formula is C22H21NO3S. The molecule has 27 heavy (non-hydrogen) atoms. The molecule has 0 atom stereocenters. The van der Waals surface area contributed by atoms with E-state index < -0.39 is 10.0 Å². The van der Waals surface area contributed by atoms with E-state index in [-0.39, 0.29) is 0 Å². The lowest BCUT2D eigenvalue weighted by Crippen LogP contribution is -2.36. The van der Waals surface area contributed by atoms with Gasteiger partial charge in [0.15, 0.2) is 0 Å². The van der Waals surface area contributed by atoms with E-state index in [9.17, 15) is 8.42 Å². The van der Waals surface area contributed by atoms with Crippen LogP contribution in [-0.2, 0) is 21.2 Å². The predicted octanol–water partition coefficient (Wildman–Crippen LogP) is 4.25. The Labute approximate surface area is 159 Å². The average molecular weight is 379 g/mol. The first-order chi connectivity index (χ1) is 13.1. The number of allylic oxidation sites excluding steroid dienone is 1. The number of ether oxygens (including phenoxy) is 1. The standard InChI is InChI=1S/C22H21NO3S/c1-17-9-11-21(12-10-17)27(24,25)23-13-14-26-16-20(23)15-19-7-4-6-18-5-2-3-8-22(18)19/h2-12,16H,13-15H2,1H3. The Balaban J connectivity index is 1.71. The number of nitrogens with zero attached hydrogens (tertiary/aromatic N) is 1. The largest absolute Gasteiger partial charge is 0.497 e. The number of sulfonamides is 1. The minimum atomic E-state index is -3.62. The molecule has 5 heteroatoms. The third kappa shape index (κ3) is 3.43. The summed E-state index contributed by atoms with van der Waals surface area (Å²) in [5, 5.41) is 2.26. The monoisotopic (exact) mass is 379 g/mol. The molecule has 3 aromatic rings. The van der Waals surface area contributed by atoms with E-state index in [1.807, 2.05) is 43.3 Å². The van der Waals surface area contributed by atoms with Crippen molar-refractivity contribution in [2.75, 3.05) is 13.2 Å². The highest BCUT2D eigenvalue weighted by Gasteiger charge is 2.29. The van der Waals surface area contributed by atoms with Crippen molar-refractivity contribution >= 4 is 20.8 Å². The van der Waals surface area contributed by atoms with Crippen LogP contribution in [0.5, 0.6) is 0 Å². The van der Waals surface area contributed by atoms with Crippen molar-refractivity contribution in [3.8, 4) is 0 Å². The third-order valence-corrected chi connectivity index (χ3v) is 6.68. The number of hydrogen-bond donors (Lipinski definition) is 0. The van der Waals surface area contributed by atoms with E-state index in [1.165, 1.54) is 4.31 Å². The molecule has 0 bridgehead atoms. The molecule has 1 heterocycles. The molecule has 0 saturated carbocycles. The van der Waals surface area contributed by atoms with Gasteiger partial charge in [0.25, 0.3) is 10.0 Å². The van der Waals surface area contributed by atoms with Crippen molar-refractivity contribution in [2.45, 2.75) is 18.2 Å². The Bertz CT molecular complexity index is 1100. The van der Waals surface area contributed by atoms with Gasteiger partial charge in [0.05, 0.1) is 17.1 Å². The molecule has 4 rings (SSSR count). The SMILES string of the molecule is Cc1ccc(S(=O)(=O)N2CCOC=C2Cc2cccc3ccccc23)cc1. The van der Waals surface area contributed by atoms with Gasteiger partial charge in [-0.25, -0.2) is 8.42 Å². The summed E-state index contributed by atoms with van der Waals surface area (Å²) in [7, 11) is -3.62. The Kier molecular flexibility index (Phi) is 4.62. The topological polar surface area (TPSA) is 46.6 Å². The van der Waals surface area contributed by atoms with Crippen LogP contribution in [0.15, 0.2) is 83.6 Å². The van der Waals surface area contributed by atoms with Crippen LogP contribution in [0.3, 0.4) is 0 Å². The third-order valence-electron chi connectivity index (χ3n) is 4.81. The van der Waals surface area contributed by atoms with Crippen LogP contribution >= 0.6 is 0 Å². The van der Waals surface area contributed by atoms with Crippen molar-refractivity contribution < 1.29 is 13.2 Å². The molecule has 0 amide bonds. The van der Waals surface area contributed by atoms with Crippen LogP contribution in [0, 0.1) is 6.92 Å². The Morgan fingerprint density at radius 2 is 1.70 bits per heavy atom. The van der Waals surface area contributed by atoms with Gasteiger partial charge in [0.2, 0.25) is 0 Å². The molecule has 0 N–H and O–H groups in total. The van der Waals surface area contributed by atoms with E-state index in [1.54, 1.807) is 18.4 Å². The second-order valence-electron chi connectivity index (χ2n) is 6.69. The smallest absolute Gasteiger partial charge is 0.264 e. The van der Waals surface area contributed by atoms with Gasteiger partial charge in [0.1, 0.15) is 12.9 Å². The van der Waals surface area contributed by atoms with E-state index in [0.29, 0.717) is 30.2 Å². The summed E-state index contributed by atoms with van der Waals surface area (Å²) in [4.78, 5) is 0.304. The molecule has 1 aliphatic rings. The number of fused-ring (bicyclic) bond motifs is 1. The number of rotatable bonds is 4. The number of benzene rings is 3. The zero-order valence-electron chi connectivity index (χ0n) is 15.1. The fraction of sp³-hybridized carbons (Fsp3) is 0.182. The summed E-state index contributed by atoms with van der Waals surface area (Å²) in [5.41, 5.74) is 2.76. The van der Waals surface area contributed by atoms with Crippen molar-refractivity contribution in [3.63, 3.8) is 0 Å². The van der Waals surface area contributed by atoms with Crippen LogP contribution in [0.25, 0.3) is 10.8 Å². The summed E-state index contributed by atoms with van der Waals surface area (Å²) >= 11 is 0. The van der Waals surface area contributed by atoms with Gasteiger partial charge in [-0.2, -0.15) is 0 Å². The minimum Gasteiger partial charge on any atom is -0.497 e. The van der Waals surface area contributed by atoms with E-state index in [2.05, 4.69) is 18.2 Å². The van der Waals surface area contributed by atoms with Crippen molar-refractivity contribution in [1.29, 1.82) is 0 Å². The maximum atomic E-state index is 13.2. The molecule has 0 saturated heterocycles. The molecule has 0 fully saturated rings. The maximum absolute atomic E-state index is 13.2. The van der Waals surface area contributed by atoms with E-state index in [0.717, 1.165) is 21.9 Å². The summed E-state index contributed by atoms with van der Waals surface area (Å²) < 4.78 is 33.3. The summed E-state index contributed by atoms with van der Waals surface area (Å²) in [6.07, 6.45) is 2.07. The Hall–Kier alpha value is -2.79. The lowest BCUT2D eigenvalue weighted by atomic mass is 10.0. The lowest BCUT2D eigenvalue weighted by molar-refractivity contribution is 0.194. The average Bonchev–Trinajstić information content (AvgIpc) is 2.69. The zero-order chi connectivity index (χ0) is 18.9. The molecule has 4 nitrogen and oxygen atoms in total. The first-order valence-electron chi connectivity index (χ1n) is 8.92. The lowest BCUT2D eigenvalue weighted by Gasteiger charge is -2.30. The van der Waals surface area contributed by atoms with Gasteiger partial charge in [-0.05, 0) is 35.4 Å². The van der Waals surface area contributed by atoms with Gasteiger partial charge in [-0.3, -0.25) is 4.31 Å². The number of aryl methyl sites for hydroxylation is 1. The molecule has 138 valence electrons. The van der Waals surface area contributed by atoms with Crippen LogP contribution in [0.1, 0.15) is 11.1 Å². The molecule has 1 aliphatic heterocycles. The minimum absolute atomic E-state index is 0.304. The van der Waals surface area contributed by atoms with Gasteiger partial charge < -0.3 is 4.74 Å². The van der Waals surface area contributed by atoms with Gasteiger partial charge in [-0.15, -0.1) is 0 Å². The van der Waals surface area contributed by atoms with Crippen LogP contribution in [0.2, 0.25) is 0 Å². The fourth-order valence-corrected chi connectivity index (χ4v) is 4.84. The molecular weight excluding hydrogens is 358 g/mol. The van der Waals surface area contributed by atoms with Gasteiger partial charge in [0, 0.05) is 6.42 Å². The van der Waals surface area contributed by atoms with Crippen LogP contribution < -0.4 is 0 Å². The van der Waals surface area contributed by atoms with Crippen LogP contribution in [0.4, 0.5) is 0 Å². The van der Waals surface area contributed by atoms with E-state index >= 15 is 0 Å². The molecule has 3 aromatic carbocycles. The van der Waals surface area contributed by atoms with Gasteiger partial charge in [-0.1, -0.05) is 60.2 Å². The summed E-state index contributed by atoms with van der Waals surface area (Å²) in [6, 6.07) is 21.2. The molecule has 0 aliphatic carbocycles. The van der Waals surface area contributed by atoms with Gasteiger partial charge >= 0.3 is 0 Å². The molecule has 0 unspecified atom stereocenters. The van der Waals surface area contributed by atoms with E-state index in [4.69, 9.17) is 4.74 Å². The first-order valence-corrected chi connectivity index (χ1v) is 10.4. The highest BCUT2D eigenvalue weighted by Crippen LogP contribution is 2.27. The highest BCUT2D eigenvalue weighted by molar-refractivity contribution is 7.89. The summed E-state index contributed by atoms with van der Waals surface area (Å²) in [5.74, 6) is 0. The first kappa shape index (κ1) is 17.6. The maximum Gasteiger partial charge on any atom is 0.264 e. The Morgan fingerprint density at radius 1 is 0.963 bits per heavy atom. The normalized spacial score (nSPS) is 14.7. The quantitative estimate of drug-likeness (QED) is 0.681. The summed E-state index contributed by atoms with van der Waals surface area (Å²) in [6.45, 7) is 2.61. The van der Waals surface area contributed by atoms with Crippen LogP contribution in [-0.4, -0.2) is 25.9 Å². The fourth-order valence-electron chi connectivity index (χ4n) is 3.38.